The average Bonchev–Trinajstić information content (AvgIpc) is 2.47. The molecule has 20 heavy (non-hydrogen) atoms. The fourth-order valence-electron chi connectivity index (χ4n) is 2.88. The summed E-state index contributed by atoms with van der Waals surface area (Å²) in [6, 6.07) is 0. The summed E-state index contributed by atoms with van der Waals surface area (Å²) in [4.78, 5) is 0. The zero-order valence-corrected chi connectivity index (χ0v) is 13.9. The number of aliphatic hydroxyl groups excluding tert-OH is 2. The van der Waals surface area contributed by atoms with Crippen molar-refractivity contribution in [2.75, 3.05) is 6.61 Å². The van der Waals surface area contributed by atoms with Gasteiger partial charge >= 0.3 is 0 Å². The van der Waals surface area contributed by atoms with E-state index in [1.807, 2.05) is 0 Å². The van der Waals surface area contributed by atoms with Gasteiger partial charge in [0, 0.05) is 0 Å². The van der Waals surface area contributed by atoms with Crippen LogP contribution in [0, 0.1) is 5.92 Å². The van der Waals surface area contributed by atoms with Crippen molar-refractivity contribution in [3.63, 3.8) is 0 Å². The van der Waals surface area contributed by atoms with Crippen LogP contribution in [0.5, 0.6) is 0 Å². The van der Waals surface area contributed by atoms with Crippen molar-refractivity contribution in [3.05, 3.63) is 0 Å². The molecule has 0 amide bonds. The number of rotatable bonds is 15. The van der Waals surface area contributed by atoms with Gasteiger partial charge in [-0.3, -0.25) is 0 Å². The first-order valence-electron chi connectivity index (χ1n) is 9.05. The summed E-state index contributed by atoms with van der Waals surface area (Å²) >= 11 is 0. The number of aliphatic hydroxyl groups is 2. The van der Waals surface area contributed by atoms with Crippen molar-refractivity contribution >= 4 is 0 Å². The van der Waals surface area contributed by atoms with Crippen LogP contribution >= 0.6 is 0 Å². The summed E-state index contributed by atoms with van der Waals surface area (Å²) < 4.78 is 0. The second-order valence-electron chi connectivity index (χ2n) is 6.27. The van der Waals surface area contributed by atoms with E-state index in [2.05, 4.69) is 13.8 Å². The van der Waals surface area contributed by atoms with Gasteiger partial charge in [-0.1, -0.05) is 84.5 Å². The lowest BCUT2D eigenvalue weighted by atomic mass is 9.90. The highest BCUT2D eigenvalue weighted by Crippen LogP contribution is 2.22. The first-order chi connectivity index (χ1) is 9.76. The van der Waals surface area contributed by atoms with Crippen molar-refractivity contribution < 1.29 is 10.2 Å². The van der Waals surface area contributed by atoms with E-state index in [1.54, 1.807) is 0 Å². The first kappa shape index (κ1) is 19.9. The Kier molecular flexibility index (Phi) is 15.3. The van der Waals surface area contributed by atoms with Crippen molar-refractivity contribution in [1.29, 1.82) is 0 Å². The highest BCUT2D eigenvalue weighted by atomic mass is 16.3. The normalized spacial score (nSPS) is 14.4. The average molecular weight is 286 g/mol. The van der Waals surface area contributed by atoms with Crippen LogP contribution < -0.4 is 0 Å². The zero-order valence-electron chi connectivity index (χ0n) is 13.9. The van der Waals surface area contributed by atoms with Crippen LogP contribution in [0.1, 0.15) is 97.3 Å². The second-order valence-corrected chi connectivity index (χ2v) is 6.27. The predicted octanol–water partition coefficient (Wildman–Crippen LogP) is 5.07. The van der Waals surface area contributed by atoms with Crippen LogP contribution in [0.2, 0.25) is 0 Å². The Morgan fingerprint density at radius 1 is 0.650 bits per heavy atom. The minimum atomic E-state index is -0.503. The van der Waals surface area contributed by atoms with E-state index in [1.165, 1.54) is 70.6 Å². The van der Waals surface area contributed by atoms with Crippen molar-refractivity contribution in [3.8, 4) is 0 Å². The maximum absolute atomic E-state index is 9.91. The molecule has 0 aromatic rings. The van der Waals surface area contributed by atoms with E-state index in [0.717, 1.165) is 12.8 Å². The fraction of sp³-hybridized carbons (Fsp3) is 1.00. The van der Waals surface area contributed by atoms with E-state index in [-0.39, 0.29) is 6.61 Å². The molecule has 0 bridgehead atoms. The Hall–Kier alpha value is -0.0800. The van der Waals surface area contributed by atoms with Crippen molar-refractivity contribution in [2.45, 2.75) is 103 Å². The van der Waals surface area contributed by atoms with E-state index < -0.39 is 6.10 Å². The molecule has 2 heteroatoms. The van der Waals surface area contributed by atoms with E-state index in [9.17, 15) is 5.11 Å². The van der Waals surface area contributed by atoms with Crippen LogP contribution in [0.15, 0.2) is 0 Å². The van der Waals surface area contributed by atoms with Crippen molar-refractivity contribution in [2.24, 2.45) is 5.92 Å². The molecule has 0 heterocycles. The third-order valence-electron chi connectivity index (χ3n) is 4.34. The molecule has 2 atom stereocenters. The van der Waals surface area contributed by atoms with E-state index >= 15 is 0 Å². The summed E-state index contributed by atoms with van der Waals surface area (Å²) in [6.45, 7) is 4.40. The molecule has 0 aliphatic rings. The second kappa shape index (κ2) is 15.3. The molecule has 0 fully saturated rings. The van der Waals surface area contributed by atoms with Crippen molar-refractivity contribution in [1.82, 2.24) is 0 Å². The molecule has 0 rings (SSSR count). The zero-order chi connectivity index (χ0) is 15.1. The number of hydrogen-bond acceptors (Lipinski definition) is 2. The first-order valence-corrected chi connectivity index (χ1v) is 9.05. The van der Waals surface area contributed by atoms with Gasteiger partial charge in [-0.2, -0.15) is 0 Å². The van der Waals surface area contributed by atoms with Crippen LogP contribution in [-0.4, -0.2) is 22.9 Å². The molecule has 2 N–H and O–H groups in total. The highest BCUT2D eigenvalue weighted by Gasteiger charge is 2.17. The third-order valence-corrected chi connectivity index (χ3v) is 4.34. The molecule has 0 saturated heterocycles. The molecule has 122 valence electrons. The van der Waals surface area contributed by atoms with Gasteiger partial charge in [-0.15, -0.1) is 0 Å². The maximum atomic E-state index is 9.91. The van der Waals surface area contributed by atoms with Gasteiger partial charge < -0.3 is 10.2 Å². The summed E-state index contributed by atoms with van der Waals surface area (Å²) in [5, 5.41) is 19.1. The molecule has 0 saturated carbocycles. The van der Waals surface area contributed by atoms with Gasteiger partial charge in [0.2, 0.25) is 0 Å². The standard InChI is InChI=1S/C18H38O2/c1-3-5-7-9-11-13-15-17(18(20)16-19)14-12-10-8-6-4-2/h17-20H,3-16H2,1-2H3. The van der Waals surface area contributed by atoms with Gasteiger partial charge in [0.25, 0.3) is 0 Å². The Bertz CT molecular complexity index is 182. The van der Waals surface area contributed by atoms with E-state index in [0.29, 0.717) is 5.92 Å². The van der Waals surface area contributed by atoms with Gasteiger partial charge in [-0.05, 0) is 18.8 Å². The molecule has 0 aromatic heterocycles. The highest BCUT2D eigenvalue weighted by molar-refractivity contribution is 4.68. The fourth-order valence-corrected chi connectivity index (χ4v) is 2.88. The Balaban J connectivity index is 3.68. The lowest BCUT2D eigenvalue weighted by Crippen LogP contribution is -2.24. The summed E-state index contributed by atoms with van der Waals surface area (Å²) in [5.41, 5.74) is 0. The molecule has 2 unspecified atom stereocenters. The SMILES string of the molecule is CCCCCCCCC(CCCCCCC)C(O)CO. The van der Waals surface area contributed by atoms with Crippen LogP contribution in [0.25, 0.3) is 0 Å². The minimum absolute atomic E-state index is 0.0739. The lowest BCUT2D eigenvalue weighted by Gasteiger charge is -2.21. The molecule has 0 aliphatic carbocycles. The Morgan fingerprint density at radius 3 is 1.45 bits per heavy atom. The van der Waals surface area contributed by atoms with Gasteiger partial charge in [0.05, 0.1) is 12.7 Å². The maximum Gasteiger partial charge on any atom is 0.0799 e. The molecule has 0 spiro atoms. The molecule has 0 aromatic carbocycles. The molecule has 0 aliphatic heterocycles. The molecular weight excluding hydrogens is 248 g/mol. The minimum Gasteiger partial charge on any atom is -0.394 e. The smallest absolute Gasteiger partial charge is 0.0799 e. The summed E-state index contributed by atoms with van der Waals surface area (Å²) in [7, 11) is 0. The summed E-state index contributed by atoms with van der Waals surface area (Å²) in [6.07, 6.45) is 15.9. The molecule has 0 radical (unpaired) electrons. The predicted molar refractivity (Wildman–Crippen MR) is 88.0 cm³/mol. The topological polar surface area (TPSA) is 40.5 Å². The van der Waals surface area contributed by atoms with Crippen LogP contribution in [-0.2, 0) is 0 Å². The summed E-state index contributed by atoms with van der Waals surface area (Å²) in [5.74, 6) is 0.313. The Labute approximate surface area is 127 Å². The van der Waals surface area contributed by atoms with E-state index in [4.69, 9.17) is 5.11 Å². The van der Waals surface area contributed by atoms with Gasteiger partial charge in [-0.25, -0.2) is 0 Å². The quantitative estimate of drug-likeness (QED) is 0.413. The van der Waals surface area contributed by atoms with Gasteiger partial charge in [0.15, 0.2) is 0 Å². The van der Waals surface area contributed by atoms with Crippen LogP contribution in [0.3, 0.4) is 0 Å². The lowest BCUT2D eigenvalue weighted by molar-refractivity contribution is 0.0382. The Morgan fingerprint density at radius 2 is 1.05 bits per heavy atom. The number of hydrogen-bond donors (Lipinski definition) is 2. The molecular formula is C18H38O2. The molecule has 2 nitrogen and oxygen atoms in total. The monoisotopic (exact) mass is 286 g/mol. The third kappa shape index (κ3) is 11.7. The van der Waals surface area contributed by atoms with Crippen LogP contribution in [0.4, 0.5) is 0 Å². The largest absolute Gasteiger partial charge is 0.394 e. The van der Waals surface area contributed by atoms with Gasteiger partial charge in [0.1, 0.15) is 0 Å². The number of unbranched alkanes of at least 4 members (excludes halogenated alkanes) is 9.